The standard InChI is InChI=1S/C6H10F2O2/c7-6(8)4-10-5-1-2-9-3-5/h5-6H,1-4H2/t5-/m1/s1. The molecule has 0 aromatic rings. The molecule has 0 aromatic carbocycles. The molecule has 1 saturated heterocycles. The second kappa shape index (κ2) is 3.83. The summed E-state index contributed by atoms with van der Waals surface area (Å²) < 4.78 is 32.8. The Morgan fingerprint density at radius 3 is 2.90 bits per heavy atom. The number of halogens is 2. The SMILES string of the molecule is FC(F)CO[C@@H]1CCOC1. The molecular formula is C6H10F2O2. The first-order chi connectivity index (χ1) is 4.79. The zero-order valence-corrected chi connectivity index (χ0v) is 5.56. The minimum absolute atomic E-state index is 0.103. The van der Waals surface area contributed by atoms with E-state index in [1.165, 1.54) is 0 Å². The molecule has 1 fully saturated rings. The fourth-order valence-corrected chi connectivity index (χ4v) is 0.853. The van der Waals surface area contributed by atoms with Gasteiger partial charge in [-0.1, -0.05) is 0 Å². The average molecular weight is 152 g/mol. The number of hydrogen-bond donors (Lipinski definition) is 0. The summed E-state index contributed by atoms with van der Waals surface area (Å²) in [5.74, 6) is 0. The van der Waals surface area contributed by atoms with Crippen LogP contribution in [0, 0.1) is 0 Å². The van der Waals surface area contributed by atoms with Gasteiger partial charge in [-0.2, -0.15) is 0 Å². The van der Waals surface area contributed by atoms with Gasteiger partial charge in [-0.25, -0.2) is 8.78 Å². The Kier molecular flexibility index (Phi) is 3.02. The van der Waals surface area contributed by atoms with Crippen LogP contribution >= 0.6 is 0 Å². The monoisotopic (exact) mass is 152 g/mol. The van der Waals surface area contributed by atoms with Gasteiger partial charge >= 0.3 is 0 Å². The van der Waals surface area contributed by atoms with Crippen molar-refractivity contribution >= 4 is 0 Å². The van der Waals surface area contributed by atoms with Crippen molar-refractivity contribution in [3.63, 3.8) is 0 Å². The van der Waals surface area contributed by atoms with Gasteiger partial charge in [0.25, 0.3) is 6.43 Å². The number of rotatable bonds is 3. The lowest BCUT2D eigenvalue weighted by Gasteiger charge is -2.07. The molecule has 0 aromatic heterocycles. The van der Waals surface area contributed by atoms with Gasteiger partial charge in [-0.15, -0.1) is 0 Å². The molecule has 4 heteroatoms. The van der Waals surface area contributed by atoms with Gasteiger partial charge in [-0.3, -0.25) is 0 Å². The summed E-state index contributed by atoms with van der Waals surface area (Å²) in [4.78, 5) is 0. The van der Waals surface area contributed by atoms with E-state index < -0.39 is 13.0 Å². The molecule has 60 valence electrons. The Morgan fingerprint density at radius 1 is 1.60 bits per heavy atom. The van der Waals surface area contributed by atoms with Gasteiger partial charge in [0.1, 0.15) is 6.61 Å². The molecule has 0 unspecified atom stereocenters. The van der Waals surface area contributed by atoms with Gasteiger partial charge in [-0.05, 0) is 6.42 Å². The van der Waals surface area contributed by atoms with Crippen LogP contribution in [0.3, 0.4) is 0 Å². The zero-order chi connectivity index (χ0) is 7.40. The maximum absolute atomic E-state index is 11.5. The smallest absolute Gasteiger partial charge is 0.261 e. The number of hydrogen-bond acceptors (Lipinski definition) is 2. The molecule has 0 aliphatic carbocycles. The van der Waals surface area contributed by atoms with E-state index in [9.17, 15) is 8.78 Å². The molecule has 0 bridgehead atoms. The fraction of sp³-hybridized carbons (Fsp3) is 1.00. The van der Waals surface area contributed by atoms with Crippen molar-refractivity contribution in [2.75, 3.05) is 19.8 Å². The summed E-state index contributed by atoms with van der Waals surface area (Å²) in [5.41, 5.74) is 0. The highest BCUT2D eigenvalue weighted by Crippen LogP contribution is 2.08. The fourth-order valence-electron chi connectivity index (χ4n) is 0.853. The number of alkyl halides is 2. The summed E-state index contributed by atoms with van der Waals surface area (Å²) in [6, 6.07) is 0. The zero-order valence-electron chi connectivity index (χ0n) is 5.56. The van der Waals surface area contributed by atoms with Crippen LogP contribution in [-0.2, 0) is 9.47 Å². The summed E-state index contributed by atoms with van der Waals surface area (Å²) in [5, 5.41) is 0. The van der Waals surface area contributed by atoms with Crippen LogP contribution in [-0.4, -0.2) is 32.4 Å². The first-order valence-electron chi connectivity index (χ1n) is 3.26. The van der Waals surface area contributed by atoms with Crippen LogP contribution in [0.2, 0.25) is 0 Å². The highest BCUT2D eigenvalue weighted by atomic mass is 19.3. The molecule has 0 amide bonds. The van der Waals surface area contributed by atoms with Crippen LogP contribution in [0.1, 0.15) is 6.42 Å². The second-order valence-corrected chi connectivity index (χ2v) is 2.21. The predicted octanol–water partition coefficient (Wildman–Crippen LogP) is 1.06. The van der Waals surface area contributed by atoms with E-state index in [0.717, 1.165) is 6.42 Å². The van der Waals surface area contributed by atoms with Crippen molar-refractivity contribution in [3.05, 3.63) is 0 Å². The highest BCUT2D eigenvalue weighted by molar-refractivity contribution is 4.62. The molecule has 10 heavy (non-hydrogen) atoms. The van der Waals surface area contributed by atoms with Crippen molar-refractivity contribution in [2.45, 2.75) is 19.0 Å². The first-order valence-corrected chi connectivity index (χ1v) is 3.26. The third kappa shape index (κ3) is 2.58. The maximum atomic E-state index is 11.5. The van der Waals surface area contributed by atoms with Crippen LogP contribution in [0.25, 0.3) is 0 Å². The average Bonchev–Trinajstić information content (AvgIpc) is 2.34. The second-order valence-electron chi connectivity index (χ2n) is 2.21. The van der Waals surface area contributed by atoms with Crippen molar-refractivity contribution in [1.29, 1.82) is 0 Å². The van der Waals surface area contributed by atoms with E-state index in [1.54, 1.807) is 0 Å². The normalized spacial score (nSPS) is 26.1. The van der Waals surface area contributed by atoms with E-state index in [0.29, 0.717) is 13.2 Å². The summed E-state index contributed by atoms with van der Waals surface area (Å²) in [7, 11) is 0. The Labute approximate surface area is 58.1 Å². The minimum Gasteiger partial charge on any atom is -0.379 e. The predicted molar refractivity (Wildman–Crippen MR) is 31.2 cm³/mol. The van der Waals surface area contributed by atoms with Crippen molar-refractivity contribution in [1.82, 2.24) is 0 Å². The maximum Gasteiger partial charge on any atom is 0.261 e. The molecule has 1 rings (SSSR count). The molecule has 2 nitrogen and oxygen atoms in total. The lowest BCUT2D eigenvalue weighted by molar-refractivity contribution is -0.0259. The molecule has 0 saturated carbocycles. The Balaban J connectivity index is 2.01. The lowest BCUT2D eigenvalue weighted by Crippen LogP contribution is -2.16. The van der Waals surface area contributed by atoms with Crippen LogP contribution in [0.5, 0.6) is 0 Å². The van der Waals surface area contributed by atoms with Gasteiger partial charge < -0.3 is 9.47 Å². The lowest BCUT2D eigenvalue weighted by atomic mass is 10.3. The summed E-state index contributed by atoms with van der Waals surface area (Å²) in [6.07, 6.45) is -1.72. The van der Waals surface area contributed by atoms with Gasteiger partial charge in [0.05, 0.1) is 12.7 Å². The van der Waals surface area contributed by atoms with Crippen LogP contribution in [0.15, 0.2) is 0 Å². The van der Waals surface area contributed by atoms with Crippen LogP contribution < -0.4 is 0 Å². The van der Waals surface area contributed by atoms with Gasteiger partial charge in [0.15, 0.2) is 0 Å². The summed E-state index contributed by atoms with van der Waals surface area (Å²) >= 11 is 0. The third-order valence-electron chi connectivity index (χ3n) is 1.35. The summed E-state index contributed by atoms with van der Waals surface area (Å²) in [6.45, 7) is 0.634. The molecule has 0 spiro atoms. The molecule has 0 radical (unpaired) electrons. The highest BCUT2D eigenvalue weighted by Gasteiger charge is 2.17. The van der Waals surface area contributed by atoms with Crippen molar-refractivity contribution in [3.8, 4) is 0 Å². The number of ether oxygens (including phenoxy) is 2. The molecular weight excluding hydrogens is 142 g/mol. The van der Waals surface area contributed by atoms with E-state index in [2.05, 4.69) is 0 Å². The first kappa shape index (κ1) is 7.88. The van der Waals surface area contributed by atoms with E-state index in [4.69, 9.17) is 9.47 Å². The van der Waals surface area contributed by atoms with Crippen molar-refractivity contribution < 1.29 is 18.3 Å². The largest absolute Gasteiger partial charge is 0.379 e. The molecule has 1 atom stereocenters. The Morgan fingerprint density at radius 2 is 2.40 bits per heavy atom. The Bertz CT molecular complexity index is 91.7. The van der Waals surface area contributed by atoms with Gasteiger partial charge in [0.2, 0.25) is 0 Å². The molecule has 1 heterocycles. The topological polar surface area (TPSA) is 18.5 Å². The van der Waals surface area contributed by atoms with E-state index >= 15 is 0 Å². The van der Waals surface area contributed by atoms with E-state index in [1.807, 2.05) is 0 Å². The molecule has 1 aliphatic rings. The van der Waals surface area contributed by atoms with Gasteiger partial charge in [0, 0.05) is 6.61 Å². The molecule has 0 N–H and O–H groups in total. The minimum atomic E-state index is -2.36. The van der Waals surface area contributed by atoms with Crippen molar-refractivity contribution in [2.24, 2.45) is 0 Å². The van der Waals surface area contributed by atoms with Crippen LogP contribution in [0.4, 0.5) is 8.78 Å². The third-order valence-corrected chi connectivity index (χ3v) is 1.35. The molecule has 1 aliphatic heterocycles. The van der Waals surface area contributed by atoms with E-state index in [-0.39, 0.29) is 6.10 Å². The quantitative estimate of drug-likeness (QED) is 0.602. The Hall–Kier alpha value is -0.220.